The number of H-pyrrole nitrogens is 1. The Labute approximate surface area is 177 Å². The molecule has 1 aliphatic heterocycles. The van der Waals surface area contributed by atoms with E-state index in [1.807, 2.05) is 17.0 Å². The summed E-state index contributed by atoms with van der Waals surface area (Å²) in [6, 6.07) is 13.8. The number of nitrogens with zero attached hydrogens (tertiary/aromatic N) is 4. The molecule has 1 saturated heterocycles. The number of anilines is 1. The van der Waals surface area contributed by atoms with Crippen LogP contribution in [0.3, 0.4) is 0 Å². The van der Waals surface area contributed by atoms with Crippen molar-refractivity contribution in [2.75, 3.05) is 36.8 Å². The fourth-order valence-electron chi connectivity index (χ4n) is 3.13. The van der Waals surface area contributed by atoms with Crippen molar-refractivity contribution >= 4 is 35.0 Å². The minimum atomic E-state index is -0.245. The molecule has 2 aromatic carbocycles. The van der Waals surface area contributed by atoms with Crippen LogP contribution in [0.2, 0.25) is 5.02 Å². The molecule has 2 heterocycles. The van der Waals surface area contributed by atoms with Gasteiger partial charge in [-0.25, -0.2) is 9.37 Å². The van der Waals surface area contributed by atoms with E-state index in [-0.39, 0.29) is 17.5 Å². The summed E-state index contributed by atoms with van der Waals surface area (Å²) < 4.78 is 13.1. The SMILES string of the molecule is O=C(CSc1n[nH]c(-c2ccc(Cl)cc2)n1)N1CCN(c2ccc(F)cc2)CC1. The summed E-state index contributed by atoms with van der Waals surface area (Å²) in [4.78, 5) is 21.0. The number of piperazine rings is 1. The quantitative estimate of drug-likeness (QED) is 0.624. The van der Waals surface area contributed by atoms with E-state index in [1.165, 1.54) is 23.9 Å². The van der Waals surface area contributed by atoms with Crippen molar-refractivity contribution in [1.82, 2.24) is 20.1 Å². The molecule has 6 nitrogen and oxygen atoms in total. The molecular formula is C20H19ClFN5OS. The number of hydrogen-bond donors (Lipinski definition) is 1. The van der Waals surface area contributed by atoms with E-state index in [9.17, 15) is 9.18 Å². The van der Waals surface area contributed by atoms with Crippen molar-refractivity contribution in [2.45, 2.75) is 5.16 Å². The van der Waals surface area contributed by atoms with Crippen LogP contribution in [0.15, 0.2) is 53.7 Å². The van der Waals surface area contributed by atoms with Crippen LogP contribution >= 0.6 is 23.4 Å². The van der Waals surface area contributed by atoms with Gasteiger partial charge in [-0.2, -0.15) is 0 Å². The van der Waals surface area contributed by atoms with E-state index in [1.54, 1.807) is 24.3 Å². The van der Waals surface area contributed by atoms with Gasteiger partial charge in [-0.1, -0.05) is 23.4 Å². The zero-order valence-electron chi connectivity index (χ0n) is 15.5. The van der Waals surface area contributed by atoms with Crippen molar-refractivity contribution < 1.29 is 9.18 Å². The number of nitrogens with one attached hydrogen (secondary N) is 1. The van der Waals surface area contributed by atoms with Gasteiger partial charge in [0.1, 0.15) is 5.82 Å². The first-order chi connectivity index (χ1) is 14.1. The van der Waals surface area contributed by atoms with Gasteiger partial charge >= 0.3 is 0 Å². The molecule has 1 N–H and O–H groups in total. The Balaban J connectivity index is 1.27. The molecule has 29 heavy (non-hydrogen) atoms. The molecule has 3 aromatic rings. The van der Waals surface area contributed by atoms with Gasteiger partial charge in [0.2, 0.25) is 11.1 Å². The summed E-state index contributed by atoms with van der Waals surface area (Å²) in [7, 11) is 0. The maximum Gasteiger partial charge on any atom is 0.233 e. The minimum absolute atomic E-state index is 0.0617. The molecule has 1 aromatic heterocycles. The van der Waals surface area contributed by atoms with Crippen LogP contribution in [0.5, 0.6) is 0 Å². The average molecular weight is 432 g/mol. The standard InChI is InChI=1S/C20H19ClFN5OS/c21-15-3-1-14(2-4-15)19-23-20(25-24-19)29-13-18(28)27-11-9-26(10-12-27)17-7-5-16(22)6-8-17/h1-8H,9-13H2,(H,23,24,25). The van der Waals surface area contributed by atoms with E-state index in [0.29, 0.717) is 29.1 Å². The number of carbonyl (C=O) groups is 1. The summed E-state index contributed by atoms with van der Waals surface area (Å²) in [5, 5.41) is 8.26. The first kappa shape index (κ1) is 19.7. The molecule has 0 unspecified atom stereocenters. The minimum Gasteiger partial charge on any atom is -0.368 e. The number of aromatic amines is 1. The summed E-state index contributed by atoms with van der Waals surface area (Å²) in [6.45, 7) is 2.73. The van der Waals surface area contributed by atoms with Crippen molar-refractivity contribution in [2.24, 2.45) is 0 Å². The third-order valence-corrected chi connectivity index (χ3v) is 5.82. The van der Waals surface area contributed by atoms with E-state index >= 15 is 0 Å². The van der Waals surface area contributed by atoms with E-state index < -0.39 is 0 Å². The van der Waals surface area contributed by atoms with Crippen molar-refractivity contribution in [1.29, 1.82) is 0 Å². The van der Waals surface area contributed by atoms with Crippen molar-refractivity contribution in [3.8, 4) is 11.4 Å². The van der Waals surface area contributed by atoms with E-state index in [2.05, 4.69) is 20.1 Å². The number of aromatic nitrogens is 3. The Morgan fingerprint density at radius 3 is 2.45 bits per heavy atom. The first-order valence-electron chi connectivity index (χ1n) is 9.18. The smallest absolute Gasteiger partial charge is 0.233 e. The number of amides is 1. The van der Waals surface area contributed by atoms with Crippen molar-refractivity contribution in [3.05, 3.63) is 59.4 Å². The van der Waals surface area contributed by atoms with Gasteiger partial charge in [-0.05, 0) is 48.5 Å². The number of benzene rings is 2. The largest absolute Gasteiger partial charge is 0.368 e. The average Bonchev–Trinajstić information content (AvgIpc) is 3.22. The topological polar surface area (TPSA) is 65.1 Å². The second-order valence-corrected chi connectivity index (χ2v) is 7.99. The predicted molar refractivity (Wildman–Crippen MR) is 113 cm³/mol. The summed E-state index contributed by atoms with van der Waals surface area (Å²) in [5.41, 5.74) is 1.86. The monoisotopic (exact) mass is 431 g/mol. The molecule has 0 aliphatic carbocycles. The second-order valence-electron chi connectivity index (χ2n) is 6.61. The van der Waals surface area contributed by atoms with Gasteiger partial charge < -0.3 is 9.80 Å². The Bertz CT molecular complexity index is 971. The zero-order valence-corrected chi connectivity index (χ0v) is 17.1. The van der Waals surface area contributed by atoms with Crippen LogP contribution in [0.25, 0.3) is 11.4 Å². The number of thioether (sulfide) groups is 1. The zero-order chi connectivity index (χ0) is 20.2. The molecule has 0 bridgehead atoms. The normalized spacial score (nSPS) is 14.3. The lowest BCUT2D eigenvalue weighted by atomic mass is 10.2. The lowest BCUT2D eigenvalue weighted by Gasteiger charge is -2.36. The molecule has 0 radical (unpaired) electrons. The number of hydrogen-bond acceptors (Lipinski definition) is 5. The summed E-state index contributed by atoms with van der Waals surface area (Å²) in [6.07, 6.45) is 0. The Kier molecular flexibility index (Phi) is 6.01. The molecule has 0 saturated carbocycles. The second kappa shape index (κ2) is 8.84. The van der Waals surface area contributed by atoms with Crippen molar-refractivity contribution in [3.63, 3.8) is 0 Å². The summed E-state index contributed by atoms with van der Waals surface area (Å²) in [5.74, 6) is 0.746. The van der Waals surface area contributed by atoms with Gasteiger partial charge in [0.05, 0.1) is 5.75 Å². The van der Waals surface area contributed by atoms with Gasteiger partial charge in [0.15, 0.2) is 5.82 Å². The highest BCUT2D eigenvalue weighted by Crippen LogP contribution is 2.22. The van der Waals surface area contributed by atoms with Gasteiger partial charge in [0.25, 0.3) is 0 Å². The van der Waals surface area contributed by atoms with E-state index in [0.717, 1.165) is 24.3 Å². The fourth-order valence-corrected chi connectivity index (χ4v) is 3.96. The Hall–Kier alpha value is -2.58. The van der Waals surface area contributed by atoms with Gasteiger partial charge in [-0.15, -0.1) is 5.10 Å². The highest BCUT2D eigenvalue weighted by atomic mass is 35.5. The Morgan fingerprint density at radius 2 is 1.76 bits per heavy atom. The highest BCUT2D eigenvalue weighted by Gasteiger charge is 2.22. The molecule has 150 valence electrons. The third-order valence-electron chi connectivity index (χ3n) is 4.73. The molecule has 0 spiro atoms. The molecule has 1 aliphatic rings. The maximum atomic E-state index is 13.1. The Morgan fingerprint density at radius 1 is 1.07 bits per heavy atom. The fraction of sp³-hybridized carbons (Fsp3) is 0.250. The third kappa shape index (κ3) is 4.89. The number of rotatable bonds is 5. The molecule has 0 atom stereocenters. The van der Waals surface area contributed by atoms with E-state index in [4.69, 9.17) is 11.6 Å². The summed E-state index contributed by atoms with van der Waals surface area (Å²) >= 11 is 7.22. The maximum absolute atomic E-state index is 13.1. The van der Waals surface area contributed by atoms with Gasteiger partial charge in [-0.3, -0.25) is 9.89 Å². The molecular weight excluding hydrogens is 413 g/mol. The van der Waals surface area contributed by atoms with Gasteiger partial charge in [0, 0.05) is 42.5 Å². The van der Waals surface area contributed by atoms with Crippen LogP contribution in [-0.2, 0) is 4.79 Å². The first-order valence-corrected chi connectivity index (χ1v) is 10.5. The predicted octanol–water partition coefficient (Wildman–Crippen LogP) is 3.71. The number of carbonyl (C=O) groups excluding carboxylic acids is 1. The lowest BCUT2D eigenvalue weighted by Crippen LogP contribution is -2.49. The van der Waals surface area contributed by atoms with Crippen LogP contribution in [0.4, 0.5) is 10.1 Å². The molecule has 1 fully saturated rings. The molecule has 9 heteroatoms. The van der Waals surface area contributed by atoms with Crippen LogP contribution < -0.4 is 4.90 Å². The lowest BCUT2D eigenvalue weighted by molar-refractivity contribution is -0.128. The number of halogens is 2. The molecule has 4 rings (SSSR count). The van der Waals surface area contributed by atoms with Crippen LogP contribution in [0, 0.1) is 5.82 Å². The van der Waals surface area contributed by atoms with Crippen LogP contribution in [0.1, 0.15) is 0 Å². The highest BCUT2D eigenvalue weighted by molar-refractivity contribution is 7.99. The van der Waals surface area contributed by atoms with Crippen LogP contribution in [-0.4, -0.2) is 57.9 Å². The molecule has 1 amide bonds.